The number of thioether (sulfide) groups is 1. The predicted octanol–water partition coefficient (Wildman–Crippen LogP) is 3.56. The number of nitrogens with zero attached hydrogens (tertiary/aromatic N) is 2. The Bertz CT molecular complexity index is 1060. The largest absolute Gasteiger partial charge is 0.495 e. The highest BCUT2D eigenvalue weighted by Crippen LogP contribution is 2.26. The number of para-hydroxylation sites is 2. The van der Waals surface area contributed by atoms with Crippen LogP contribution in [0, 0.1) is 6.92 Å². The second-order valence-electron chi connectivity index (χ2n) is 6.12. The lowest BCUT2D eigenvalue weighted by Gasteiger charge is -2.15. The molecular formula is C20H21N3O4S2. The molecule has 1 amide bonds. The lowest BCUT2D eigenvalue weighted by atomic mass is 10.3. The van der Waals surface area contributed by atoms with Crippen LogP contribution in [-0.2, 0) is 17.1 Å². The van der Waals surface area contributed by atoms with Crippen molar-refractivity contribution < 1.29 is 14.3 Å². The number of carbonyl (C=O) groups excluding carboxylic acids is 1. The molecule has 0 spiro atoms. The third kappa shape index (κ3) is 5.39. The van der Waals surface area contributed by atoms with Crippen molar-refractivity contribution in [3.63, 3.8) is 0 Å². The number of anilines is 1. The van der Waals surface area contributed by atoms with E-state index in [1.807, 2.05) is 24.4 Å². The molecule has 7 nitrogen and oxygen atoms in total. The molecule has 3 aromatic rings. The maximum atomic E-state index is 12.6. The fourth-order valence-corrected chi connectivity index (χ4v) is 4.49. The van der Waals surface area contributed by atoms with E-state index in [1.165, 1.54) is 24.9 Å². The normalized spacial score (nSPS) is 10.6. The summed E-state index contributed by atoms with van der Waals surface area (Å²) in [5.41, 5.74) is 2.03. The van der Waals surface area contributed by atoms with Gasteiger partial charge in [0.25, 0.3) is 0 Å². The van der Waals surface area contributed by atoms with Gasteiger partial charge < -0.3 is 19.4 Å². The highest BCUT2D eigenvalue weighted by molar-refractivity contribution is 8.00. The molecule has 29 heavy (non-hydrogen) atoms. The zero-order valence-corrected chi connectivity index (χ0v) is 17.9. The van der Waals surface area contributed by atoms with E-state index in [9.17, 15) is 9.59 Å². The lowest BCUT2D eigenvalue weighted by molar-refractivity contribution is -0.116. The molecule has 9 heteroatoms. The van der Waals surface area contributed by atoms with Crippen LogP contribution in [0.15, 0.2) is 51.0 Å². The Labute approximate surface area is 176 Å². The maximum absolute atomic E-state index is 12.6. The number of ether oxygens (including phenoxy) is 2. The average Bonchev–Trinajstić information content (AvgIpc) is 3.13. The fraction of sp³-hybridized carbons (Fsp3) is 0.250. The van der Waals surface area contributed by atoms with Crippen LogP contribution in [0.4, 0.5) is 5.69 Å². The highest BCUT2D eigenvalue weighted by atomic mass is 32.2. The van der Waals surface area contributed by atoms with E-state index in [1.54, 1.807) is 41.3 Å². The smallest absolute Gasteiger partial charge is 0.244 e. The van der Waals surface area contributed by atoms with E-state index in [-0.39, 0.29) is 23.6 Å². The Morgan fingerprint density at radius 1 is 1.24 bits per heavy atom. The zero-order valence-electron chi connectivity index (χ0n) is 16.3. The second kappa shape index (κ2) is 9.62. The molecule has 1 N–H and O–H groups in total. The summed E-state index contributed by atoms with van der Waals surface area (Å²) in [4.78, 5) is 29.3. The van der Waals surface area contributed by atoms with Gasteiger partial charge in [-0.3, -0.25) is 9.59 Å². The molecule has 3 rings (SSSR count). The van der Waals surface area contributed by atoms with Crippen molar-refractivity contribution in [3.8, 4) is 11.5 Å². The molecule has 2 aromatic heterocycles. The van der Waals surface area contributed by atoms with E-state index in [4.69, 9.17) is 9.47 Å². The molecule has 2 heterocycles. The van der Waals surface area contributed by atoms with Gasteiger partial charge in [0.05, 0.1) is 26.1 Å². The van der Waals surface area contributed by atoms with E-state index in [0.717, 1.165) is 10.0 Å². The molecule has 0 atom stereocenters. The second-order valence-corrected chi connectivity index (χ2v) is 8.20. The maximum Gasteiger partial charge on any atom is 0.244 e. The molecule has 152 valence electrons. The molecule has 1 aromatic carbocycles. The van der Waals surface area contributed by atoms with Gasteiger partial charge in [-0.1, -0.05) is 23.9 Å². The molecule has 0 saturated carbocycles. The number of amides is 1. The van der Waals surface area contributed by atoms with Crippen molar-refractivity contribution in [2.24, 2.45) is 0 Å². The molecule has 0 bridgehead atoms. The van der Waals surface area contributed by atoms with E-state index in [0.29, 0.717) is 22.9 Å². The summed E-state index contributed by atoms with van der Waals surface area (Å²) in [6.07, 6.45) is 1.56. The minimum Gasteiger partial charge on any atom is -0.495 e. The van der Waals surface area contributed by atoms with Gasteiger partial charge in [0.1, 0.15) is 16.6 Å². The third-order valence-corrected chi connectivity index (χ3v) is 6.21. The molecule has 0 saturated heterocycles. The number of aromatic nitrogens is 2. The summed E-state index contributed by atoms with van der Waals surface area (Å²) in [5.74, 6) is 1.03. The Morgan fingerprint density at radius 3 is 2.69 bits per heavy atom. The number of methoxy groups -OCH3 is 2. The molecule has 0 aliphatic carbocycles. The van der Waals surface area contributed by atoms with Crippen molar-refractivity contribution >= 4 is 34.7 Å². The summed E-state index contributed by atoms with van der Waals surface area (Å²) in [6, 6.07) is 8.69. The molecule has 0 fully saturated rings. The van der Waals surface area contributed by atoms with Crippen LogP contribution in [0.2, 0.25) is 0 Å². The first-order valence-corrected chi connectivity index (χ1v) is 10.6. The molecule has 0 unspecified atom stereocenters. The molecular weight excluding hydrogens is 410 g/mol. The summed E-state index contributed by atoms with van der Waals surface area (Å²) in [6.45, 7) is 1.97. The van der Waals surface area contributed by atoms with Gasteiger partial charge in [-0.05, 0) is 19.1 Å². The van der Waals surface area contributed by atoms with Gasteiger partial charge in [0.2, 0.25) is 11.3 Å². The Kier molecular flexibility index (Phi) is 6.95. The number of thiazole rings is 1. The Morgan fingerprint density at radius 2 is 2.00 bits per heavy atom. The molecule has 0 radical (unpaired) electrons. The topological polar surface area (TPSA) is 82.5 Å². The number of hydrogen-bond acceptors (Lipinski definition) is 7. The van der Waals surface area contributed by atoms with Crippen molar-refractivity contribution in [3.05, 3.63) is 63.5 Å². The predicted molar refractivity (Wildman–Crippen MR) is 115 cm³/mol. The lowest BCUT2D eigenvalue weighted by Crippen LogP contribution is -2.23. The average molecular weight is 432 g/mol. The van der Waals surface area contributed by atoms with Crippen molar-refractivity contribution in [1.82, 2.24) is 9.55 Å². The Balaban J connectivity index is 1.80. The SMILES string of the molecule is COc1ccccc1NC(=O)Cn1cc(OC)c(=O)cc1CSc1nc(C)cs1. The van der Waals surface area contributed by atoms with Crippen LogP contribution in [-0.4, -0.2) is 29.7 Å². The first kappa shape index (κ1) is 20.9. The number of nitrogens with one attached hydrogen (secondary N) is 1. The summed E-state index contributed by atoms with van der Waals surface area (Å²) >= 11 is 3.08. The van der Waals surface area contributed by atoms with Gasteiger partial charge in [0.15, 0.2) is 5.75 Å². The monoisotopic (exact) mass is 431 g/mol. The highest BCUT2D eigenvalue weighted by Gasteiger charge is 2.13. The van der Waals surface area contributed by atoms with Crippen molar-refractivity contribution in [1.29, 1.82) is 0 Å². The van der Waals surface area contributed by atoms with Crippen LogP contribution in [0.5, 0.6) is 11.5 Å². The van der Waals surface area contributed by atoms with Crippen LogP contribution in [0.1, 0.15) is 11.4 Å². The first-order valence-electron chi connectivity index (χ1n) is 8.75. The van der Waals surface area contributed by atoms with E-state index < -0.39 is 0 Å². The zero-order chi connectivity index (χ0) is 20.8. The number of aryl methyl sites for hydroxylation is 1. The van der Waals surface area contributed by atoms with Crippen LogP contribution < -0.4 is 20.2 Å². The minimum absolute atomic E-state index is 0.0292. The standard InChI is InChI=1S/C20H21N3O4S2/c1-13-11-28-20(21-13)29-12-14-8-16(24)18(27-3)9-23(14)10-19(25)22-15-6-4-5-7-17(15)26-2/h4-9,11H,10,12H2,1-3H3,(H,22,25). The van der Waals surface area contributed by atoms with Crippen LogP contribution >= 0.6 is 23.1 Å². The van der Waals surface area contributed by atoms with Gasteiger partial charge in [-0.2, -0.15) is 0 Å². The van der Waals surface area contributed by atoms with Crippen LogP contribution in [0.25, 0.3) is 0 Å². The molecule has 0 aliphatic heterocycles. The first-order chi connectivity index (χ1) is 14.0. The number of hydrogen-bond donors (Lipinski definition) is 1. The number of carbonyl (C=O) groups is 1. The van der Waals surface area contributed by atoms with Gasteiger partial charge in [-0.25, -0.2) is 4.98 Å². The Hall–Kier alpha value is -2.78. The van der Waals surface area contributed by atoms with E-state index >= 15 is 0 Å². The number of pyridine rings is 1. The fourth-order valence-electron chi connectivity index (χ4n) is 2.65. The minimum atomic E-state index is -0.239. The third-order valence-electron chi connectivity index (χ3n) is 4.04. The molecule has 0 aliphatic rings. The number of rotatable bonds is 8. The van der Waals surface area contributed by atoms with Gasteiger partial charge >= 0.3 is 0 Å². The van der Waals surface area contributed by atoms with Crippen LogP contribution in [0.3, 0.4) is 0 Å². The van der Waals surface area contributed by atoms with E-state index in [2.05, 4.69) is 10.3 Å². The van der Waals surface area contributed by atoms with Crippen molar-refractivity contribution in [2.45, 2.75) is 23.6 Å². The van der Waals surface area contributed by atoms with Gasteiger partial charge in [-0.15, -0.1) is 11.3 Å². The quantitative estimate of drug-likeness (QED) is 0.549. The van der Waals surface area contributed by atoms with Crippen molar-refractivity contribution in [2.75, 3.05) is 19.5 Å². The summed E-state index contributed by atoms with van der Waals surface area (Å²) in [5, 5.41) is 4.82. The number of benzene rings is 1. The van der Waals surface area contributed by atoms with Gasteiger partial charge in [0, 0.05) is 28.6 Å². The summed E-state index contributed by atoms with van der Waals surface area (Å²) in [7, 11) is 2.98. The summed E-state index contributed by atoms with van der Waals surface area (Å²) < 4.78 is 13.0.